The van der Waals surface area contributed by atoms with E-state index in [0.717, 1.165) is 0 Å². The van der Waals surface area contributed by atoms with Gasteiger partial charge in [-0.15, -0.1) is 0 Å². The van der Waals surface area contributed by atoms with Crippen LogP contribution in [0, 0.1) is 0 Å². The highest BCUT2D eigenvalue weighted by atomic mass is 35.5. The van der Waals surface area contributed by atoms with Crippen LogP contribution in [0.4, 0.5) is 0 Å². The number of hydrogen-bond acceptors (Lipinski definition) is 0. The normalized spacial score (nSPS) is 10.9. The molecule has 0 saturated carbocycles. The van der Waals surface area contributed by atoms with Gasteiger partial charge in [0.25, 0.3) is 0 Å². The lowest BCUT2D eigenvalue weighted by molar-refractivity contribution is 1.61. The zero-order valence-corrected chi connectivity index (χ0v) is 28.3. The van der Waals surface area contributed by atoms with E-state index < -0.39 is 0 Å². The molecular formula is C24H6Cl14. The monoisotopic (exact) mass is 784 g/mol. The lowest BCUT2D eigenvalue weighted by atomic mass is 10.1. The quantitative estimate of drug-likeness (QED) is 0.140. The largest absolute Gasteiger partial charge is 0.0836 e. The van der Waals surface area contributed by atoms with Gasteiger partial charge in [0.05, 0.1) is 70.3 Å². The zero-order chi connectivity index (χ0) is 28.6. The molecule has 0 heterocycles. The SMILES string of the molecule is Clc1cc(Cl)c(-c2cc(Cl)c(Cl)c(Cl)c2Cl)cc1Cl.Clc1cc(Cl)c(-c2cc(Cl)c(Cl)c(Cl)c2Cl)cc1Cl. The first-order valence-electron chi connectivity index (χ1n) is 9.61. The highest BCUT2D eigenvalue weighted by Crippen LogP contribution is 2.47. The second-order valence-corrected chi connectivity index (χ2v) is 12.7. The van der Waals surface area contributed by atoms with Crippen molar-refractivity contribution in [2.24, 2.45) is 0 Å². The Morgan fingerprint density at radius 3 is 0.789 bits per heavy atom. The topological polar surface area (TPSA) is 0 Å². The maximum Gasteiger partial charge on any atom is 0.0800 e. The van der Waals surface area contributed by atoms with Crippen molar-refractivity contribution in [2.45, 2.75) is 0 Å². The van der Waals surface area contributed by atoms with E-state index in [0.29, 0.717) is 52.4 Å². The van der Waals surface area contributed by atoms with Gasteiger partial charge in [-0.1, -0.05) is 162 Å². The second kappa shape index (κ2) is 13.9. The fourth-order valence-electron chi connectivity index (χ4n) is 3.00. The van der Waals surface area contributed by atoms with Gasteiger partial charge in [-0.25, -0.2) is 0 Å². The van der Waals surface area contributed by atoms with Gasteiger partial charge >= 0.3 is 0 Å². The third kappa shape index (κ3) is 7.28. The van der Waals surface area contributed by atoms with Gasteiger partial charge < -0.3 is 0 Å². The van der Waals surface area contributed by atoms with Gasteiger partial charge in [0.2, 0.25) is 0 Å². The van der Waals surface area contributed by atoms with Gasteiger partial charge in [-0.2, -0.15) is 0 Å². The summed E-state index contributed by atoms with van der Waals surface area (Å²) < 4.78 is 0. The average molecular weight is 791 g/mol. The smallest absolute Gasteiger partial charge is 0.0800 e. The lowest BCUT2D eigenvalue weighted by Crippen LogP contribution is -1.86. The van der Waals surface area contributed by atoms with Crippen LogP contribution in [0.5, 0.6) is 0 Å². The first-order valence-corrected chi connectivity index (χ1v) is 14.9. The molecule has 4 aromatic rings. The predicted octanol–water partition coefficient (Wildman–Crippen LogP) is 15.9. The summed E-state index contributed by atoms with van der Waals surface area (Å²) in [5.74, 6) is 0. The molecule has 0 radical (unpaired) electrons. The number of hydrogen-bond donors (Lipinski definition) is 0. The van der Waals surface area contributed by atoms with Crippen molar-refractivity contribution in [3.05, 3.63) is 107 Å². The number of benzene rings is 4. The van der Waals surface area contributed by atoms with Gasteiger partial charge in [0, 0.05) is 22.3 Å². The highest BCUT2D eigenvalue weighted by Gasteiger charge is 2.19. The van der Waals surface area contributed by atoms with Gasteiger partial charge in [0.15, 0.2) is 0 Å². The molecule has 0 unspecified atom stereocenters. The van der Waals surface area contributed by atoms with Crippen molar-refractivity contribution >= 4 is 162 Å². The van der Waals surface area contributed by atoms with E-state index >= 15 is 0 Å². The minimum Gasteiger partial charge on any atom is -0.0836 e. The molecule has 0 fully saturated rings. The van der Waals surface area contributed by atoms with Crippen LogP contribution in [0.2, 0.25) is 70.3 Å². The van der Waals surface area contributed by atoms with Crippen LogP contribution in [0.25, 0.3) is 22.3 Å². The summed E-state index contributed by atoms with van der Waals surface area (Å²) in [5.41, 5.74) is 2.21. The summed E-state index contributed by atoms with van der Waals surface area (Å²) in [4.78, 5) is 0. The molecule has 0 N–H and O–H groups in total. The Kier molecular flexibility index (Phi) is 12.3. The third-order valence-corrected chi connectivity index (χ3v) is 10.4. The van der Waals surface area contributed by atoms with E-state index in [4.69, 9.17) is 162 Å². The molecule has 4 rings (SSSR count). The van der Waals surface area contributed by atoms with E-state index in [9.17, 15) is 0 Å². The van der Waals surface area contributed by atoms with Crippen molar-refractivity contribution in [1.82, 2.24) is 0 Å². The first-order chi connectivity index (χ1) is 17.6. The minimum absolute atomic E-state index is 0.160. The number of halogens is 14. The molecule has 0 amide bonds. The molecule has 200 valence electrons. The van der Waals surface area contributed by atoms with Crippen LogP contribution in [-0.4, -0.2) is 0 Å². The second-order valence-electron chi connectivity index (χ2n) is 7.19. The third-order valence-electron chi connectivity index (χ3n) is 4.81. The predicted molar refractivity (Wildman–Crippen MR) is 174 cm³/mol. The van der Waals surface area contributed by atoms with Crippen LogP contribution >= 0.6 is 162 Å². The van der Waals surface area contributed by atoms with E-state index in [2.05, 4.69) is 0 Å². The molecule has 38 heavy (non-hydrogen) atoms. The number of rotatable bonds is 2. The van der Waals surface area contributed by atoms with Crippen LogP contribution in [0.15, 0.2) is 36.4 Å². The Labute approximate surface area is 288 Å². The average Bonchev–Trinajstić information content (AvgIpc) is 2.86. The molecule has 0 nitrogen and oxygen atoms in total. The van der Waals surface area contributed by atoms with Gasteiger partial charge in [-0.05, 0) is 36.4 Å². The fourth-order valence-corrected chi connectivity index (χ4v) is 6.10. The van der Waals surface area contributed by atoms with Gasteiger partial charge in [0.1, 0.15) is 0 Å². The van der Waals surface area contributed by atoms with Crippen LogP contribution in [0.3, 0.4) is 0 Å². The summed E-state index contributed by atoms with van der Waals surface area (Å²) in [6.07, 6.45) is 0. The fraction of sp³-hybridized carbons (Fsp3) is 0. The molecule has 0 bridgehead atoms. The molecular weight excluding hydrogens is 785 g/mol. The molecule has 0 aromatic heterocycles. The highest BCUT2D eigenvalue weighted by molar-refractivity contribution is 6.54. The Balaban J connectivity index is 0.000000211. The van der Waals surface area contributed by atoms with Crippen molar-refractivity contribution in [2.75, 3.05) is 0 Å². The van der Waals surface area contributed by atoms with Crippen LogP contribution in [0.1, 0.15) is 0 Å². The van der Waals surface area contributed by atoms with Crippen molar-refractivity contribution in [3.63, 3.8) is 0 Å². The summed E-state index contributed by atoms with van der Waals surface area (Å²) in [6.45, 7) is 0. The van der Waals surface area contributed by atoms with Crippen molar-refractivity contribution in [1.29, 1.82) is 0 Å². The first kappa shape index (κ1) is 33.4. The van der Waals surface area contributed by atoms with E-state index in [1.807, 2.05) is 0 Å². The Bertz CT molecular complexity index is 1440. The molecule has 0 aliphatic carbocycles. The van der Waals surface area contributed by atoms with Crippen molar-refractivity contribution < 1.29 is 0 Å². The van der Waals surface area contributed by atoms with E-state index in [-0.39, 0.29) is 40.2 Å². The van der Waals surface area contributed by atoms with E-state index in [1.165, 1.54) is 12.1 Å². The standard InChI is InChI=1S/2C12H3Cl7/c2*13-6-3-8(15)7(14)1-4(6)5-2-9(16)11(18)12(19)10(5)17/h2*1-3H. The Morgan fingerprint density at radius 2 is 0.474 bits per heavy atom. The summed E-state index contributed by atoms with van der Waals surface area (Å²) in [7, 11) is 0. The summed E-state index contributed by atoms with van der Waals surface area (Å²) >= 11 is 84.1. The Morgan fingerprint density at radius 1 is 0.211 bits per heavy atom. The molecule has 0 spiro atoms. The molecule has 14 heteroatoms. The molecule has 4 aromatic carbocycles. The molecule has 0 saturated heterocycles. The van der Waals surface area contributed by atoms with Crippen molar-refractivity contribution in [3.8, 4) is 22.3 Å². The lowest BCUT2D eigenvalue weighted by Gasteiger charge is -2.12. The summed E-state index contributed by atoms with van der Waals surface area (Å²) in [5, 5.41) is 3.88. The molecule has 0 aliphatic heterocycles. The maximum atomic E-state index is 6.16. The summed E-state index contributed by atoms with van der Waals surface area (Å²) in [6, 6.07) is 9.37. The van der Waals surface area contributed by atoms with Crippen LogP contribution in [-0.2, 0) is 0 Å². The Hall–Kier alpha value is 0.940. The van der Waals surface area contributed by atoms with Crippen LogP contribution < -0.4 is 0 Å². The maximum absolute atomic E-state index is 6.16. The molecule has 0 atom stereocenters. The van der Waals surface area contributed by atoms with Gasteiger partial charge in [-0.3, -0.25) is 0 Å². The molecule has 0 aliphatic rings. The zero-order valence-electron chi connectivity index (χ0n) is 17.8. The van der Waals surface area contributed by atoms with E-state index in [1.54, 1.807) is 24.3 Å². The minimum atomic E-state index is 0.160.